The van der Waals surface area contributed by atoms with E-state index in [4.69, 9.17) is 9.31 Å². The average Bonchev–Trinajstić information content (AvgIpc) is 2.74. The molecule has 24 heavy (non-hydrogen) atoms. The number of anilines is 1. The summed E-state index contributed by atoms with van der Waals surface area (Å²) in [6, 6.07) is 4.16. The second kappa shape index (κ2) is 6.05. The van der Waals surface area contributed by atoms with Crippen molar-refractivity contribution in [2.24, 2.45) is 5.92 Å². The van der Waals surface area contributed by atoms with E-state index in [1.807, 2.05) is 33.8 Å². The molecule has 0 spiro atoms. The summed E-state index contributed by atoms with van der Waals surface area (Å²) in [5, 5.41) is 9.61. The highest BCUT2D eigenvalue weighted by atomic mass is 16.7. The first-order valence-electron chi connectivity index (χ1n) is 8.74. The minimum absolute atomic E-state index is 0.425. The lowest BCUT2D eigenvalue weighted by molar-refractivity contribution is 0.00578. The molecule has 3 heterocycles. The minimum atomic E-state index is -0.550. The van der Waals surface area contributed by atoms with Gasteiger partial charge in [-0.2, -0.15) is 5.26 Å². The fraction of sp³-hybridized carbons (Fsp3) is 0.667. The Morgan fingerprint density at radius 2 is 1.96 bits per heavy atom. The Morgan fingerprint density at radius 1 is 1.29 bits per heavy atom. The van der Waals surface area contributed by atoms with Gasteiger partial charge in [-0.1, -0.05) is 6.92 Å². The second-order valence-electron chi connectivity index (χ2n) is 8.02. The Hall–Kier alpha value is -1.58. The van der Waals surface area contributed by atoms with E-state index < -0.39 is 18.3 Å². The van der Waals surface area contributed by atoms with Gasteiger partial charge in [-0.3, -0.25) is 0 Å². The minimum Gasteiger partial charge on any atom is -0.399 e. The Labute approximate surface area is 145 Å². The Bertz CT molecular complexity index is 653. The zero-order valence-corrected chi connectivity index (χ0v) is 15.3. The third kappa shape index (κ3) is 3.03. The zero-order valence-electron chi connectivity index (χ0n) is 15.3. The van der Waals surface area contributed by atoms with Crippen LogP contribution in [-0.2, 0) is 9.31 Å². The summed E-state index contributed by atoms with van der Waals surface area (Å²) >= 11 is 0. The molecule has 2 fully saturated rings. The number of piperidine rings is 1. The van der Waals surface area contributed by atoms with Crippen molar-refractivity contribution >= 4 is 18.4 Å². The van der Waals surface area contributed by atoms with Gasteiger partial charge in [-0.15, -0.1) is 0 Å². The fourth-order valence-electron chi connectivity index (χ4n) is 3.28. The first-order valence-corrected chi connectivity index (χ1v) is 8.74. The molecule has 2 saturated heterocycles. The highest BCUT2D eigenvalue weighted by molar-refractivity contribution is 6.62. The van der Waals surface area contributed by atoms with Crippen molar-refractivity contribution in [3.63, 3.8) is 0 Å². The maximum absolute atomic E-state index is 9.61. The normalized spacial score (nSPS) is 25.6. The van der Waals surface area contributed by atoms with Gasteiger partial charge in [-0.25, -0.2) is 4.98 Å². The monoisotopic (exact) mass is 327 g/mol. The second-order valence-corrected chi connectivity index (χ2v) is 8.02. The van der Waals surface area contributed by atoms with Gasteiger partial charge in [0.05, 0.1) is 22.8 Å². The summed E-state index contributed by atoms with van der Waals surface area (Å²) < 4.78 is 12.1. The van der Waals surface area contributed by atoms with E-state index in [1.54, 1.807) is 6.20 Å². The third-order valence-corrected chi connectivity index (χ3v) is 5.53. The molecule has 1 aromatic heterocycles. The van der Waals surface area contributed by atoms with Crippen LogP contribution in [0.4, 0.5) is 5.82 Å². The van der Waals surface area contributed by atoms with Gasteiger partial charge in [0.25, 0.3) is 0 Å². The topological polar surface area (TPSA) is 58.4 Å². The number of pyridine rings is 1. The van der Waals surface area contributed by atoms with Crippen LogP contribution < -0.4 is 10.4 Å². The molecule has 3 rings (SSSR count). The molecule has 5 nitrogen and oxygen atoms in total. The molecule has 0 radical (unpaired) electrons. The van der Waals surface area contributed by atoms with Gasteiger partial charge in [0.1, 0.15) is 5.82 Å². The molecule has 0 saturated carbocycles. The molecule has 2 aliphatic heterocycles. The number of rotatable bonds is 2. The molecular weight excluding hydrogens is 301 g/mol. The highest BCUT2D eigenvalue weighted by Gasteiger charge is 2.52. The zero-order chi connectivity index (χ0) is 17.5. The molecule has 0 bridgehead atoms. The standard InChI is InChI=1S/C18H26BN3O2/c1-13-7-6-8-22(12-13)16-9-14(10-20)15(11-21-16)19-23-17(2,3)18(4,5)24-19/h9,11,13H,6-8,12H2,1-5H3/t13-/m1/s1. The highest BCUT2D eigenvalue weighted by Crippen LogP contribution is 2.36. The van der Waals surface area contributed by atoms with Crippen LogP contribution in [0.25, 0.3) is 0 Å². The maximum Gasteiger partial charge on any atom is 0.497 e. The van der Waals surface area contributed by atoms with E-state index in [2.05, 4.69) is 22.9 Å². The molecule has 0 amide bonds. The van der Waals surface area contributed by atoms with Crippen LogP contribution >= 0.6 is 0 Å². The van der Waals surface area contributed by atoms with E-state index in [-0.39, 0.29) is 0 Å². The average molecular weight is 327 g/mol. The van der Waals surface area contributed by atoms with Crippen LogP contribution in [0, 0.1) is 17.2 Å². The van der Waals surface area contributed by atoms with Crippen molar-refractivity contribution in [2.45, 2.75) is 58.7 Å². The fourth-order valence-corrected chi connectivity index (χ4v) is 3.28. The number of aromatic nitrogens is 1. The first-order chi connectivity index (χ1) is 11.2. The molecule has 128 valence electrons. The lowest BCUT2D eigenvalue weighted by atomic mass is 9.77. The molecule has 0 aromatic carbocycles. The SMILES string of the molecule is C[C@@H]1CCCN(c2cc(C#N)c(B3OC(C)(C)C(C)(C)O3)cn2)C1. The van der Waals surface area contributed by atoms with Crippen molar-refractivity contribution in [2.75, 3.05) is 18.0 Å². The van der Waals surface area contributed by atoms with E-state index in [0.717, 1.165) is 18.9 Å². The molecule has 0 N–H and O–H groups in total. The van der Waals surface area contributed by atoms with E-state index in [1.165, 1.54) is 12.8 Å². The number of nitrogens with zero attached hydrogens (tertiary/aromatic N) is 3. The van der Waals surface area contributed by atoms with E-state index >= 15 is 0 Å². The molecule has 1 atom stereocenters. The summed E-state index contributed by atoms with van der Waals surface area (Å²) in [5.74, 6) is 1.53. The third-order valence-electron chi connectivity index (χ3n) is 5.53. The number of hydrogen-bond donors (Lipinski definition) is 0. The van der Waals surface area contributed by atoms with Crippen molar-refractivity contribution in [3.05, 3.63) is 17.8 Å². The lowest BCUT2D eigenvalue weighted by Gasteiger charge is -2.32. The summed E-state index contributed by atoms with van der Waals surface area (Å²) in [7, 11) is -0.550. The van der Waals surface area contributed by atoms with Crippen LogP contribution in [0.1, 0.15) is 53.0 Å². The largest absolute Gasteiger partial charge is 0.497 e. The molecule has 1 aromatic rings. The number of nitriles is 1. The van der Waals surface area contributed by atoms with Gasteiger partial charge in [-0.05, 0) is 52.5 Å². The Kier molecular flexibility index (Phi) is 4.35. The Balaban J connectivity index is 1.87. The van der Waals surface area contributed by atoms with E-state index in [0.29, 0.717) is 16.9 Å². The quantitative estimate of drug-likeness (QED) is 0.781. The molecule has 0 aliphatic carbocycles. The van der Waals surface area contributed by atoms with Crippen molar-refractivity contribution < 1.29 is 9.31 Å². The number of hydrogen-bond acceptors (Lipinski definition) is 5. The van der Waals surface area contributed by atoms with Crippen molar-refractivity contribution in [1.82, 2.24) is 4.98 Å². The molecular formula is C18H26BN3O2. The van der Waals surface area contributed by atoms with Crippen LogP contribution in [0.5, 0.6) is 0 Å². The van der Waals surface area contributed by atoms with Crippen LogP contribution in [0.15, 0.2) is 12.3 Å². The van der Waals surface area contributed by atoms with Crippen LogP contribution in [0.3, 0.4) is 0 Å². The van der Waals surface area contributed by atoms with Gasteiger partial charge < -0.3 is 14.2 Å². The van der Waals surface area contributed by atoms with E-state index in [9.17, 15) is 5.26 Å². The maximum atomic E-state index is 9.61. The predicted octanol–water partition coefficient (Wildman–Crippen LogP) is 2.49. The van der Waals surface area contributed by atoms with Gasteiger partial charge in [0.15, 0.2) is 0 Å². The van der Waals surface area contributed by atoms with Gasteiger partial charge in [0, 0.05) is 24.7 Å². The van der Waals surface area contributed by atoms with Crippen molar-refractivity contribution in [1.29, 1.82) is 5.26 Å². The van der Waals surface area contributed by atoms with Crippen LogP contribution in [0.2, 0.25) is 0 Å². The van der Waals surface area contributed by atoms with Gasteiger partial charge in [0.2, 0.25) is 0 Å². The van der Waals surface area contributed by atoms with Crippen LogP contribution in [-0.4, -0.2) is 36.4 Å². The molecule has 0 unspecified atom stereocenters. The summed E-state index contributed by atoms with van der Waals surface area (Å²) in [4.78, 5) is 6.87. The van der Waals surface area contributed by atoms with Crippen molar-refractivity contribution in [3.8, 4) is 6.07 Å². The molecule has 6 heteroatoms. The lowest BCUT2D eigenvalue weighted by Crippen LogP contribution is -2.41. The summed E-state index contributed by atoms with van der Waals surface area (Å²) in [5.41, 5.74) is 0.443. The summed E-state index contributed by atoms with van der Waals surface area (Å²) in [6.07, 6.45) is 4.17. The predicted molar refractivity (Wildman–Crippen MR) is 95.3 cm³/mol. The smallest absolute Gasteiger partial charge is 0.399 e. The first kappa shape index (κ1) is 17.3. The molecule has 2 aliphatic rings. The van der Waals surface area contributed by atoms with Gasteiger partial charge >= 0.3 is 7.12 Å². The summed E-state index contributed by atoms with van der Waals surface area (Å²) in [6.45, 7) is 12.3. The Morgan fingerprint density at radius 3 is 2.54 bits per heavy atom.